The van der Waals surface area contributed by atoms with Crippen LogP contribution in [0.1, 0.15) is 39.6 Å². The van der Waals surface area contributed by atoms with Crippen LogP contribution in [0.25, 0.3) is 5.82 Å². The first-order chi connectivity index (χ1) is 17.0. The van der Waals surface area contributed by atoms with Gasteiger partial charge in [0.15, 0.2) is 11.6 Å². The molecule has 2 aromatic heterocycles. The van der Waals surface area contributed by atoms with E-state index < -0.39 is 55.8 Å². The number of hydrogen-bond acceptors (Lipinski definition) is 9. The molecule has 0 aliphatic carbocycles. The first-order valence-electron chi connectivity index (χ1n) is 9.55. The quantitative estimate of drug-likeness (QED) is 0.414. The Morgan fingerprint density at radius 3 is 2.30 bits per heavy atom. The number of nitrogens with one attached hydrogen (secondary N) is 1. The summed E-state index contributed by atoms with van der Waals surface area (Å²) in [6.07, 6.45) is -3.39. The van der Waals surface area contributed by atoms with Gasteiger partial charge in [0, 0.05) is 11.6 Å². The fourth-order valence-electron chi connectivity index (χ4n) is 2.85. The summed E-state index contributed by atoms with van der Waals surface area (Å²) in [5.74, 6) is -3.62. The molecular weight excluding hydrogens is 540 g/mol. The SMILES string of the molecule is C[C@H](NC(=O)c1cc(OC(F)(F)F)cc(S(=O)(=O)C(F)(F)F)c1)c1ncnn1-c1cc(C(N)=O)ncn1. The Labute approximate surface area is 202 Å². The maximum Gasteiger partial charge on any atom is 0.573 e. The first kappa shape index (κ1) is 27.3. The van der Waals surface area contributed by atoms with Crippen LogP contribution in [-0.4, -0.2) is 56.8 Å². The second kappa shape index (κ2) is 9.64. The standard InChI is InChI=1S/C18H13F6N7O5S/c1-8(15-28-7-29-31(15)13-5-12(14(25)32)26-6-27-13)30-16(33)9-2-10(36-17(19,20)21)4-11(3-9)37(34,35)18(22,23)24/h2-8H,1H3,(H2,25,32)(H,30,33)/t8-/m0/s1. The molecule has 37 heavy (non-hydrogen) atoms. The van der Waals surface area contributed by atoms with Crippen LogP contribution >= 0.6 is 0 Å². The van der Waals surface area contributed by atoms with Crippen LogP contribution in [0.4, 0.5) is 26.3 Å². The number of aromatic nitrogens is 5. The van der Waals surface area contributed by atoms with Gasteiger partial charge in [-0.2, -0.15) is 23.0 Å². The van der Waals surface area contributed by atoms with Crippen molar-refractivity contribution in [1.82, 2.24) is 30.0 Å². The largest absolute Gasteiger partial charge is 0.573 e. The number of alkyl halides is 6. The van der Waals surface area contributed by atoms with Crippen molar-refractivity contribution in [1.29, 1.82) is 0 Å². The number of benzene rings is 1. The molecule has 0 aliphatic rings. The van der Waals surface area contributed by atoms with Gasteiger partial charge in [-0.1, -0.05) is 0 Å². The summed E-state index contributed by atoms with van der Waals surface area (Å²) in [5, 5.41) is 6.12. The van der Waals surface area contributed by atoms with Crippen molar-refractivity contribution in [3.63, 3.8) is 0 Å². The zero-order chi connectivity index (χ0) is 27.8. The number of hydrogen-bond donors (Lipinski definition) is 2. The number of carbonyl (C=O) groups excluding carboxylic acids is 2. The predicted molar refractivity (Wildman–Crippen MR) is 108 cm³/mol. The van der Waals surface area contributed by atoms with Gasteiger partial charge in [-0.25, -0.2) is 23.4 Å². The Balaban J connectivity index is 1.97. The summed E-state index contributed by atoms with van der Waals surface area (Å²) in [6.45, 7) is 1.32. The van der Waals surface area contributed by atoms with Crippen molar-refractivity contribution in [2.24, 2.45) is 5.73 Å². The third-order valence-electron chi connectivity index (χ3n) is 4.42. The zero-order valence-electron chi connectivity index (χ0n) is 18.1. The Bertz CT molecular complexity index is 1460. The van der Waals surface area contributed by atoms with Crippen LogP contribution in [0, 0.1) is 0 Å². The molecule has 1 aromatic carbocycles. The molecule has 2 amide bonds. The van der Waals surface area contributed by atoms with E-state index in [1.54, 1.807) is 0 Å². The summed E-state index contributed by atoms with van der Waals surface area (Å²) in [6, 6.07) is 0.637. The molecule has 3 rings (SSSR count). The Kier molecular flexibility index (Phi) is 7.11. The van der Waals surface area contributed by atoms with E-state index in [0.717, 1.165) is 23.4 Å². The summed E-state index contributed by atoms with van der Waals surface area (Å²) in [4.78, 5) is 33.9. The van der Waals surface area contributed by atoms with Crippen molar-refractivity contribution in [2.45, 2.75) is 29.7 Å². The Morgan fingerprint density at radius 2 is 1.70 bits per heavy atom. The lowest BCUT2D eigenvalue weighted by Crippen LogP contribution is -2.30. The van der Waals surface area contributed by atoms with Crippen molar-refractivity contribution in [3.8, 4) is 11.6 Å². The van der Waals surface area contributed by atoms with Gasteiger partial charge in [-0.3, -0.25) is 9.59 Å². The van der Waals surface area contributed by atoms with Gasteiger partial charge in [0.25, 0.3) is 21.7 Å². The van der Waals surface area contributed by atoms with Gasteiger partial charge < -0.3 is 15.8 Å². The van der Waals surface area contributed by atoms with Crippen LogP contribution in [-0.2, 0) is 9.84 Å². The molecule has 0 bridgehead atoms. The number of nitrogens with two attached hydrogens (primary N) is 1. The lowest BCUT2D eigenvalue weighted by Gasteiger charge is -2.16. The lowest BCUT2D eigenvalue weighted by atomic mass is 10.2. The van der Waals surface area contributed by atoms with E-state index in [4.69, 9.17) is 5.73 Å². The summed E-state index contributed by atoms with van der Waals surface area (Å²) >= 11 is 0. The number of primary amides is 1. The van der Waals surface area contributed by atoms with Crippen molar-refractivity contribution < 1.29 is 49.1 Å². The van der Waals surface area contributed by atoms with Crippen molar-refractivity contribution >= 4 is 21.7 Å². The predicted octanol–water partition coefficient (Wildman–Crippen LogP) is 1.84. The molecule has 0 saturated heterocycles. The fourth-order valence-corrected chi connectivity index (χ4v) is 3.67. The Hall–Kier alpha value is -4.29. The maximum atomic E-state index is 13.0. The zero-order valence-corrected chi connectivity index (χ0v) is 18.9. The third-order valence-corrected chi connectivity index (χ3v) is 5.89. The van der Waals surface area contributed by atoms with E-state index in [1.807, 2.05) is 0 Å². The molecule has 0 saturated carbocycles. The van der Waals surface area contributed by atoms with Crippen molar-refractivity contribution in [3.05, 3.63) is 54.0 Å². The highest BCUT2D eigenvalue weighted by Crippen LogP contribution is 2.34. The minimum atomic E-state index is -6.14. The first-order valence-corrected chi connectivity index (χ1v) is 11.0. The molecule has 0 spiro atoms. The van der Waals surface area contributed by atoms with Crippen LogP contribution in [0.15, 0.2) is 41.8 Å². The molecule has 198 valence electrons. The molecule has 2 heterocycles. The highest BCUT2D eigenvalue weighted by molar-refractivity contribution is 7.92. The number of carbonyl (C=O) groups is 2. The monoisotopic (exact) mass is 553 g/mol. The molecule has 3 aromatic rings. The van der Waals surface area contributed by atoms with E-state index in [0.29, 0.717) is 6.07 Å². The fraction of sp³-hybridized carbons (Fsp3) is 0.222. The second-order valence-electron chi connectivity index (χ2n) is 7.04. The van der Waals surface area contributed by atoms with Gasteiger partial charge in [-0.15, -0.1) is 13.2 Å². The minimum absolute atomic E-state index is 0.0153. The maximum absolute atomic E-state index is 13.0. The van der Waals surface area contributed by atoms with Gasteiger partial charge in [0.05, 0.1) is 10.9 Å². The summed E-state index contributed by atoms with van der Waals surface area (Å²) < 4.78 is 105. The summed E-state index contributed by atoms with van der Waals surface area (Å²) in [7, 11) is -6.14. The minimum Gasteiger partial charge on any atom is -0.406 e. The average Bonchev–Trinajstić information content (AvgIpc) is 3.27. The molecule has 0 radical (unpaired) electrons. The number of halogens is 6. The van der Waals surface area contributed by atoms with Gasteiger partial charge >= 0.3 is 11.9 Å². The normalized spacial score (nSPS) is 13.2. The van der Waals surface area contributed by atoms with Crippen LogP contribution in [0.5, 0.6) is 5.75 Å². The average molecular weight is 553 g/mol. The Morgan fingerprint density at radius 1 is 1.03 bits per heavy atom. The van der Waals surface area contributed by atoms with Gasteiger partial charge in [-0.05, 0) is 25.1 Å². The summed E-state index contributed by atoms with van der Waals surface area (Å²) in [5.41, 5.74) is -1.81. The number of rotatable bonds is 7. The van der Waals surface area contributed by atoms with Gasteiger partial charge in [0.1, 0.15) is 24.1 Å². The molecule has 3 N–H and O–H groups in total. The van der Waals surface area contributed by atoms with E-state index in [1.165, 1.54) is 6.92 Å². The number of sulfone groups is 1. The molecule has 0 aliphatic heterocycles. The molecule has 19 heteroatoms. The molecule has 0 unspecified atom stereocenters. The molecular formula is C18H13F6N7O5S. The highest BCUT2D eigenvalue weighted by atomic mass is 32.2. The lowest BCUT2D eigenvalue weighted by molar-refractivity contribution is -0.274. The molecule has 0 fully saturated rings. The van der Waals surface area contributed by atoms with Crippen LogP contribution in [0.2, 0.25) is 0 Å². The second-order valence-corrected chi connectivity index (χ2v) is 8.98. The van der Waals surface area contributed by atoms with Crippen LogP contribution < -0.4 is 15.8 Å². The smallest absolute Gasteiger partial charge is 0.406 e. The topological polar surface area (TPSA) is 172 Å². The van der Waals surface area contributed by atoms with Crippen LogP contribution in [0.3, 0.4) is 0 Å². The number of amides is 2. The third kappa shape index (κ3) is 6.11. The van der Waals surface area contributed by atoms with Crippen molar-refractivity contribution in [2.75, 3.05) is 0 Å². The molecule has 12 nitrogen and oxygen atoms in total. The molecule has 1 atom stereocenters. The number of ether oxygens (including phenoxy) is 1. The van der Waals surface area contributed by atoms with E-state index in [-0.39, 0.29) is 29.5 Å². The van der Waals surface area contributed by atoms with E-state index >= 15 is 0 Å². The number of nitrogens with zero attached hydrogens (tertiary/aromatic N) is 5. The van der Waals surface area contributed by atoms with Gasteiger partial charge in [0.2, 0.25) is 0 Å². The highest BCUT2D eigenvalue weighted by Gasteiger charge is 2.47. The van der Waals surface area contributed by atoms with E-state index in [2.05, 4.69) is 30.1 Å². The van der Waals surface area contributed by atoms with E-state index in [9.17, 15) is 44.3 Å².